The smallest absolute Gasteiger partial charge is 0.239 e. The molecule has 154 valence electrons. The number of piperazine rings is 1. The standard InChI is InChI=1S/C20H32N6O2/c1-15(2)23-18(27)17-5-9-24(10-6-17)16(3)19(28)25-11-13-26(14-12-25)20-21-7-4-8-22-20/h4,7-8,15-17H,5-6,9-14H2,1-3H3,(H,23,27). The van der Waals surface area contributed by atoms with E-state index in [-0.39, 0.29) is 29.8 Å². The molecular formula is C20H32N6O2. The third kappa shape index (κ3) is 4.98. The number of piperidine rings is 1. The highest BCUT2D eigenvalue weighted by Crippen LogP contribution is 2.21. The maximum absolute atomic E-state index is 13.0. The summed E-state index contributed by atoms with van der Waals surface area (Å²) in [5.74, 6) is 1.12. The van der Waals surface area contributed by atoms with Crippen LogP contribution < -0.4 is 10.2 Å². The van der Waals surface area contributed by atoms with Gasteiger partial charge >= 0.3 is 0 Å². The Morgan fingerprint density at radius 1 is 1.00 bits per heavy atom. The van der Waals surface area contributed by atoms with Gasteiger partial charge in [0, 0.05) is 50.5 Å². The number of anilines is 1. The molecule has 2 fully saturated rings. The number of carbonyl (C=O) groups is 2. The molecule has 3 rings (SSSR count). The largest absolute Gasteiger partial charge is 0.354 e. The third-order valence-corrected chi connectivity index (χ3v) is 5.66. The lowest BCUT2D eigenvalue weighted by molar-refractivity contribution is -0.137. The molecular weight excluding hydrogens is 356 g/mol. The van der Waals surface area contributed by atoms with Crippen LogP contribution in [0.2, 0.25) is 0 Å². The second-order valence-electron chi connectivity index (χ2n) is 8.01. The molecule has 0 aromatic carbocycles. The number of amides is 2. The van der Waals surface area contributed by atoms with E-state index in [1.165, 1.54) is 0 Å². The van der Waals surface area contributed by atoms with Gasteiger partial charge in [-0.2, -0.15) is 0 Å². The molecule has 0 spiro atoms. The summed E-state index contributed by atoms with van der Waals surface area (Å²) in [6, 6.07) is 1.83. The normalized spacial score (nSPS) is 20.3. The van der Waals surface area contributed by atoms with Gasteiger partial charge in [-0.1, -0.05) is 0 Å². The second kappa shape index (κ2) is 9.32. The first kappa shape index (κ1) is 20.5. The van der Waals surface area contributed by atoms with Crippen molar-refractivity contribution in [2.45, 2.75) is 45.7 Å². The summed E-state index contributed by atoms with van der Waals surface area (Å²) in [5, 5.41) is 3.00. The molecule has 2 saturated heterocycles. The fourth-order valence-electron chi connectivity index (χ4n) is 3.95. The minimum Gasteiger partial charge on any atom is -0.354 e. The van der Waals surface area contributed by atoms with E-state index in [0.29, 0.717) is 13.1 Å². The van der Waals surface area contributed by atoms with Crippen LogP contribution >= 0.6 is 0 Å². The molecule has 1 N–H and O–H groups in total. The number of aromatic nitrogens is 2. The third-order valence-electron chi connectivity index (χ3n) is 5.66. The number of nitrogens with one attached hydrogen (secondary N) is 1. The van der Waals surface area contributed by atoms with Crippen LogP contribution in [0.25, 0.3) is 0 Å². The van der Waals surface area contributed by atoms with Crippen molar-refractivity contribution in [3.05, 3.63) is 18.5 Å². The Bertz CT molecular complexity index is 652. The Hall–Kier alpha value is -2.22. The van der Waals surface area contributed by atoms with E-state index in [1.807, 2.05) is 25.7 Å². The van der Waals surface area contributed by atoms with Crippen molar-refractivity contribution in [3.63, 3.8) is 0 Å². The molecule has 1 atom stereocenters. The van der Waals surface area contributed by atoms with Gasteiger partial charge in [0.25, 0.3) is 0 Å². The van der Waals surface area contributed by atoms with Gasteiger partial charge in [0.1, 0.15) is 0 Å². The maximum Gasteiger partial charge on any atom is 0.239 e. The lowest BCUT2D eigenvalue weighted by Gasteiger charge is -2.40. The first-order valence-electron chi connectivity index (χ1n) is 10.3. The molecule has 0 radical (unpaired) electrons. The van der Waals surface area contributed by atoms with E-state index in [4.69, 9.17) is 0 Å². The van der Waals surface area contributed by atoms with E-state index in [9.17, 15) is 9.59 Å². The van der Waals surface area contributed by atoms with Gasteiger partial charge in [0.05, 0.1) is 6.04 Å². The van der Waals surface area contributed by atoms with Gasteiger partial charge in [-0.05, 0) is 52.8 Å². The predicted octanol–water partition coefficient (Wildman–Crippen LogP) is 0.750. The Morgan fingerprint density at radius 3 is 2.18 bits per heavy atom. The summed E-state index contributed by atoms with van der Waals surface area (Å²) in [4.78, 5) is 40.0. The van der Waals surface area contributed by atoms with Crippen molar-refractivity contribution in [2.75, 3.05) is 44.2 Å². The Balaban J connectivity index is 1.46. The molecule has 2 aliphatic rings. The van der Waals surface area contributed by atoms with Crippen LogP contribution in [0.3, 0.4) is 0 Å². The molecule has 8 heteroatoms. The molecule has 2 aliphatic heterocycles. The number of likely N-dealkylation sites (tertiary alicyclic amines) is 1. The first-order chi connectivity index (χ1) is 13.5. The summed E-state index contributed by atoms with van der Waals surface area (Å²) >= 11 is 0. The summed E-state index contributed by atoms with van der Waals surface area (Å²) in [6.45, 7) is 10.4. The first-order valence-corrected chi connectivity index (χ1v) is 10.3. The van der Waals surface area contributed by atoms with Gasteiger partial charge in [-0.15, -0.1) is 0 Å². The van der Waals surface area contributed by atoms with Crippen LogP contribution in [-0.4, -0.2) is 82.9 Å². The van der Waals surface area contributed by atoms with Crippen molar-refractivity contribution in [1.29, 1.82) is 0 Å². The van der Waals surface area contributed by atoms with Crippen LogP contribution in [0.15, 0.2) is 18.5 Å². The average Bonchev–Trinajstić information content (AvgIpc) is 2.73. The van der Waals surface area contributed by atoms with E-state index in [2.05, 4.69) is 25.1 Å². The van der Waals surface area contributed by atoms with Crippen molar-refractivity contribution in [3.8, 4) is 0 Å². The zero-order chi connectivity index (χ0) is 20.1. The summed E-state index contributed by atoms with van der Waals surface area (Å²) in [5.41, 5.74) is 0. The van der Waals surface area contributed by atoms with Crippen LogP contribution in [0.4, 0.5) is 5.95 Å². The molecule has 1 aromatic heterocycles. The summed E-state index contributed by atoms with van der Waals surface area (Å²) in [7, 11) is 0. The van der Waals surface area contributed by atoms with Gasteiger partial charge < -0.3 is 15.1 Å². The molecule has 2 amide bonds. The molecule has 1 unspecified atom stereocenters. The number of carbonyl (C=O) groups excluding carboxylic acids is 2. The molecule has 0 bridgehead atoms. The fraction of sp³-hybridized carbons (Fsp3) is 0.700. The van der Waals surface area contributed by atoms with Crippen molar-refractivity contribution < 1.29 is 9.59 Å². The van der Waals surface area contributed by atoms with Crippen LogP contribution in [0, 0.1) is 5.92 Å². The molecule has 8 nitrogen and oxygen atoms in total. The lowest BCUT2D eigenvalue weighted by Crippen LogP contribution is -2.55. The van der Waals surface area contributed by atoms with Crippen molar-refractivity contribution in [1.82, 2.24) is 25.1 Å². The monoisotopic (exact) mass is 388 g/mol. The molecule has 28 heavy (non-hydrogen) atoms. The van der Waals surface area contributed by atoms with E-state index < -0.39 is 0 Å². The quantitative estimate of drug-likeness (QED) is 0.802. The molecule has 3 heterocycles. The SMILES string of the molecule is CC(C)NC(=O)C1CCN(C(C)C(=O)N2CCN(c3ncccn3)CC2)CC1. The van der Waals surface area contributed by atoms with E-state index >= 15 is 0 Å². The fourth-order valence-corrected chi connectivity index (χ4v) is 3.95. The minimum absolute atomic E-state index is 0.0652. The Labute approximate surface area is 167 Å². The van der Waals surface area contributed by atoms with Gasteiger partial charge in [0.2, 0.25) is 17.8 Å². The molecule has 0 saturated carbocycles. The summed E-state index contributed by atoms with van der Waals surface area (Å²) < 4.78 is 0. The summed E-state index contributed by atoms with van der Waals surface area (Å²) in [6.07, 6.45) is 5.12. The van der Waals surface area contributed by atoms with Crippen LogP contribution in [0.1, 0.15) is 33.6 Å². The highest BCUT2D eigenvalue weighted by molar-refractivity contribution is 5.82. The van der Waals surface area contributed by atoms with E-state index in [1.54, 1.807) is 18.5 Å². The van der Waals surface area contributed by atoms with Gasteiger partial charge in [-0.3, -0.25) is 14.5 Å². The van der Waals surface area contributed by atoms with Crippen molar-refractivity contribution >= 4 is 17.8 Å². The number of hydrogen-bond donors (Lipinski definition) is 1. The Morgan fingerprint density at radius 2 is 1.61 bits per heavy atom. The molecule has 1 aromatic rings. The van der Waals surface area contributed by atoms with Gasteiger partial charge in [-0.25, -0.2) is 9.97 Å². The van der Waals surface area contributed by atoms with E-state index in [0.717, 1.165) is 45.0 Å². The maximum atomic E-state index is 13.0. The van der Waals surface area contributed by atoms with Crippen LogP contribution in [0.5, 0.6) is 0 Å². The van der Waals surface area contributed by atoms with Crippen LogP contribution in [-0.2, 0) is 9.59 Å². The zero-order valence-corrected chi connectivity index (χ0v) is 17.2. The number of rotatable bonds is 5. The highest BCUT2D eigenvalue weighted by atomic mass is 16.2. The van der Waals surface area contributed by atoms with Crippen molar-refractivity contribution in [2.24, 2.45) is 5.92 Å². The zero-order valence-electron chi connectivity index (χ0n) is 17.2. The number of nitrogens with zero attached hydrogens (tertiary/aromatic N) is 5. The van der Waals surface area contributed by atoms with Gasteiger partial charge in [0.15, 0.2) is 0 Å². The second-order valence-corrected chi connectivity index (χ2v) is 8.01. The predicted molar refractivity (Wildman–Crippen MR) is 108 cm³/mol. The highest BCUT2D eigenvalue weighted by Gasteiger charge is 2.33. The Kier molecular flexibility index (Phi) is 6.83. The molecule has 0 aliphatic carbocycles. The topological polar surface area (TPSA) is 81.7 Å². The minimum atomic E-state index is -0.145. The number of hydrogen-bond acceptors (Lipinski definition) is 6. The lowest BCUT2D eigenvalue weighted by atomic mass is 9.94. The average molecular weight is 389 g/mol.